The number of benzene rings is 3. The molecule has 5 rings (SSSR count). The van der Waals surface area contributed by atoms with Gasteiger partial charge in [0.2, 0.25) is 0 Å². The molecule has 216 valence electrons. The fourth-order valence-electron chi connectivity index (χ4n) is 5.22. The van der Waals surface area contributed by atoms with Crippen LogP contribution in [0.25, 0.3) is 10.2 Å². The van der Waals surface area contributed by atoms with Gasteiger partial charge in [-0.15, -0.1) is 0 Å². The average Bonchev–Trinajstić information content (AvgIpc) is 3.36. The van der Waals surface area contributed by atoms with E-state index in [1.54, 1.807) is 13.0 Å². The monoisotopic (exact) mass is 614 g/mol. The molecule has 1 aliphatic rings. The lowest BCUT2D eigenvalue weighted by atomic mass is 9.90. The summed E-state index contributed by atoms with van der Waals surface area (Å²) in [6, 6.07) is 18.6. The van der Waals surface area contributed by atoms with Crippen molar-refractivity contribution in [1.29, 1.82) is 0 Å². The minimum atomic E-state index is -0.569. The summed E-state index contributed by atoms with van der Waals surface area (Å²) in [4.78, 5) is 19.5. The van der Waals surface area contributed by atoms with E-state index < -0.39 is 11.9 Å². The first kappa shape index (κ1) is 29.6. The highest BCUT2D eigenvalue weighted by atomic mass is 35.5. The molecule has 0 bridgehead atoms. The van der Waals surface area contributed by atoms with Gasteiger partial charge in [0.15, 0.2) is 5.13 Å². The fraction of sp³-hybridized carbons (Fsp3) is 0.355. The predicted octanol–water partition coefficient (Wildman–Crippen LogP) is 8.35. The van der Waals surface area contributed by atoms with Crippen molar-refractivity contribution in [2.45, 2.75) is 38.7 Å². The summed E-state index contributed by atoms with van der Waals surface area (Å²) in [5.41, 5.74) is 2.56. The molecule has 0 radical (unpaired) electrons. The molecule has 1 saturated heterocycles. The van der Waals surface area contributed by atoms with Gasteiger partial charge in [-0.3, -0.25) is 5.32 Å². The van der Waals surface area contributed by atoms with Crippen LogP contribution in [0, 0.1) is 11.7 Å². The molecule has 1 fully saturated rings. The SMILES string of the molecule is CC(Oc1ccc2nc(NC(=O)NCCCN3CCC(Cc4ccccc4)CC3)sc2c1)c1c(Cl)ccc(F)c1Cl. The standard InChI is InChI=1S/C31H33Cl2FN4O2S/c1-20(28-24(32)9-10-25(34)29(28)33)40-23-8-11-26-27(19-23)41-31(36-26)37-30(39)35-14-5-15-38-16-12-22(13-17-38)18-21-6-3-2-4-7-21/h2-4,6-11,19-20,22H,5,12-18H2,1H3,(H2,35,36,37,39). The maximum absolute atomic E-state index is 13.9. The number of thiazole rings is 1. The normalized spacial score (nSPS) is 15.1. The summed E-state index contributed by atoms with van der Waals surface area (Å²) in [5, 5.41) is 6.55. The Kier molecular flexibility index (Phi) is 9.98. The number of amides is 2. The van der Waals surface area contributed by atoms with Crippen molar-refractivity contribution >= 4 is 55.9 Å². The molecule has 1 atom stereocenters. The van der Waals surface area contributed by atoms with Gasteiger partial charge in [-0.2, -0.15) is 0 Å². The summed E-state index contributed by atoms with van der Waals surface area (Å²) < 4.78 is 20.8. The molecule has 1 unspecified atom stereocenters. The number of anilines is 1. The van der Waals surface area contributed by atoms with E-state index in [4.69, 9.17) is 27.9 Å². The molecule has 0 saturated carbocycles. The highest BCUT2D eigenvalue weighted by molar-refractivity contribution is 7.22. The summed E-state index contributed by atoms with van der Waals surface area (Å²) in [7, 11) is 0. The zero-order valence-corrected chi connectivity index (χ0v) is 25.2. The van der Waals surface area contributed by atoms with Crippen molar-refractivity contribution in [1.82, 2.24) is 15.2 Å². The number of likely N-dealkylation sites (tertiary alicyclic amines) is 1. The Hall–Kier alpha value is -2.91. The third-order valence-corrected chi connectivity index (χ3v) is 9.04. The lowest BCUT2D eigenvalue weighted by molar-refractivity contribution is 0.182. The molecule has 1 aromatic heterocycles. The Morgan fingerprint density at radius 3 is 2.71 bits per heavy atom. The van der Waals surface area contributed by atoms with Crippen molar-refractivity contribution in [3.63, 3.8) is 0 Å². The number of rotatable bonds is 10. The zero-order chi connectivity index (χ0) is 28.8. The van der Waals surface area contributed by atoms with E-state index in [-0.39, 0.29) is 11.1 Å². The van der Waals surface area contributed by atoms with Gasteiger partial charge in [0, 0.05) is 17.1 Å². The van der Waals surface area contributed by atoms with Crippen molar-refractivity contribution < 1.29 is 13.9 Å². The van der Waals surface area contributed by atoms with Crippen LogP contribution in [0.4, 0.5) is 14.3 Å². The largest absolute Gasteiger partial charge is 0.486 e. The second-order valence-corrected chi connectivity index (χ2v) is 12.2. The molecule has 3 aromatic carbocycles. The summed E-state index contributed by atoms with van der Waals surface area (Å²) in [6.45, 7) is 5.56. The minimum absolute atomic E-state index is 0.0511. The number of nitrogens with zero attached hydrogens (tertiary/aromatic N) is 2. The van der Waals surface area contributed by atoms with E-state index in [9.17, 15) is 9.18 Å². The van der Waals surface area contributed by atoms with Gasteiger partial charge >= 0.3 is 6.03 Å². The number of carbonyl (C=O) groups excluding carboxylic acids is 1. The third kappa shape index (κ3) is 7.89. The molecule has 6 nitrogen and oxygen atoms in total. The Labute approximate surface area is 253 Å². The van der Waals surface area contributed by atoms with Crippen LogP contribution >= 0.6 is 34.5 Å². The van der Waals surface area contributed by atoms with E-state index in [2.05, 4.69) is 50.8 Å². The first-order valence-electron chi connectivity index (χ1n) is 13.9. The smallest absolute Gasteiger partial charge is 0.321 e. The van der Waals surface area contributed by atoms with Crippen LogP contribution in [0.2, 0.25) is 10.0 Å². The first-order valence-corrected chi connectivity index (χ1v) is 15.4. The average molecular weight is 616 g/mol. The van der Waals surface area contributed by atoms with Crippen molar-refractivity contribution in [2.24, 2.45) is 5.92 Å². The molecule has 0 aliphatic carbocycles. The first-order chi connectivity index (χ1) is 19.9. The van der Waals surface area contributed by atoms with Gasteiger partial charge in [-0.05, 0) is 94.1 Å². The van der Waals surface area contributed by atoms with E-state index in [1.807, 2.05) is 12.1 Å². The van der Waals surface area contributed by atoms with E-state index in [1.165, 1.54) is 41.9 Å². The van der Waals surface area contributed by atoms with Gasteiger partial charge in [0.25, 0.3) is 0 Å². The van der Waals surface area contributed by atoms with Crippen LogP contribution in [0.1, 0.15) is 43.4 Å². The van der Waals surface area contributed by atoms with Gasteiger partial charge in [0.1, 0.15) is 17.7 Å². The second-order valence-electron chi connectivity index (χ2n) is 10.4. The second kappa shape index (κ2) is 13.8. The predicted molar refractivity (Wildman–Crippen MR) is 166 cm³/mol. The Morgan fingerprint density at radius 2 is 1.93 bits per heavy atom. The van der Waals surface area contributed by atoms with Crippen LogP contribution < -0.4 is 15.4 Å². The number of hydrogen-bond acceptors (Lipinski definition) is 5. The number of aromatic nitrogens is 1. The molecule has 4 aromatic rings. The van der Waals surface area contributed by atoms with Crippen molar-refractivity contribution in [2.75, 3.05) is 31.5 Å². The Bertz CT molecular complexity index is 1480. The Morgan fingerprint density at radius 1 is 1.15 bits per heavy atom. The molecule has 41 heavy (non-hydrogen) atoms. The summed E-state index contributed by atoms with van der Waals surface area (Å²) in [6.07, 6.45) is 3.93. The molecular formula is C31H33Cl2FN4O2S. The van der Waals surface area contributed by atoms with Gasteiger partial charge in [-0.1, -0.05) is 64.9 Å². The molecule has 2 N–H and O–H groups in total. The number of halogens is 3. The highest BCUT2D eigenvalue weighted by Gasteiger charge is 2.20. The number of fused-ring (bicyclic) bond motifs is 1. The number of ether oxygens (including phenoxy) is 1. The lowest BCUT2D eigenvalue weighted by Crippen LogP contribution is -2.37. The van der Waals surface area contributed by atoms with Crippen LogP contribution in [0.3, 0.4) is 0 Å². The van der Waals surface area contributed by atoms with Crippen LogP contribution in [0.15, 0.2) is 60.7 Å². The van der Waals surface area contributed by atoms with E-state index >= 15 is 0 Å². The highest BCUT2D eigenvalue weighted by Crippen LogP contribution is 2.36. The topological polar surface area (TPSA) is 66.5 Å². The number of urea groups is 1. The quantitative estimate of drug-likeness (QED) is 0.139. The molecule has 10 heteroatoms. The van der Waals surface area contributed by atoms with Crippen LogP contribution in [-0.2, 0) is 6.42 Å². The van der Waals surface area contributed by atoms with E-state index in [0.717, 1.165) is 48.6 Å². The summed E-state index contributed by atoms with van der Waals surface area (Å²) in [5.74, 6) is 0.764. The number of nitrogens with one attached hydrogen (secondary N) is 2. The maximum Gasteiger partial charge on any atom is 0.321 e. The van der Waals surface area contributed by atoms with E-state index in [0.29, 0.717) is 28.0 Å². The molecular weight excluding hydrogens is 582 g/mol. The van der Waals surface area contributed by atoms with Gasteiger partial charge in [0.05, 0.1) is 15.2 Å². The number of piperidine rings is 1. The molecule has 1 aliphatic heterocycles. The fourth-order valence-corrected chi connectivity index (χ4v) is 6.78. The van der Waals surface area contributed by atoms with Crippen LogP contribution in [-0.4, -0.2) is 42.1 Å². The van der Waals surface area contributed by atoms with Crippen LogP contribution in [0.5, 0.6) is 5.75 Å². The minimum Gasteiger partial charge on any atom is -0.486 e. The maximum atomic E-state index is 13.9. The third-order valence-electron chi connectivity index (χ3n) is 7.39. The van der Waals surface area contributed by atoms with Gasteiger partial charge < -0.3 is 15.0 Å². The molecule has 0 spiro atoms. The Balaban J connectivity index is 1.05. The lowest BCUT2D eigenvalue weighted by Gasteiger charge is -2.32. The van der Waals surface area contributed by atoms with Crippen molar-refractivity contribution in [3.8, 4) is 5.75 Å². The van der Waals surface area contributed by atoms with Gasteiger partial charge in [-0.25, -0.2) is 14.2 Å². The van der Waals surface area contributed by atoms with Crippen molar-refractivity contribution in [3.05, 3.63) is 87.7 Å². The summed E-state index contributed by atoms with van der Waals surface area (Å²) >= 11 is 13.7. The number of hydrogen-bond donors (Lipinski definition) is 2. The molecule has 2 amide bonds. The molecule has 2 heterocycles. The number of carbonyl (C=O) groups is 1. The zero-order valence-electron chi connectivity index (χ0n) is 22.8.